The lowest BCUT2D eigenvalue weighted by molar-refractivity contribution is 0.0630. The predicted molar refractivity (Wildman–Crippen MR) is 154 cm³/mol. The summed E-state index contributed by atoms with van der Waals surface area (Å²) >= 11 is 0. The third kappa shape index (κ3) is 4.17. The van der Waals surface area contributed by atoms with Gasteiger partial charge in [-0.25, -0.2) is 0 Å². The average Bonchev–Trinajstić information content (AvgIpc) is 3.66. The van der Waals surface area contributed by atoms with Crippen molar-refractivity contribution in [2.75, 3.05) is 0 Å². The van der Waals surface area contributed by atoms with E-state index in [2.05, 4.69) is 56.4 Å². The normalized spacial score (nSPS) is 42.4. The molecule has 2 heteroatoms. The third-order valence-electron chi connectivity index (χ3n) is 12.3. The first-order chi connectivity index (χ1) is 16.7. The van der Waals surface area contributed by atoms with E-state index >= 15 is 0 Å². The van der Waals surface area contributed by atoms with Gasteiger partial charge >= 0.3 is 0 Å². The quantitative estimate of drug-likeness (QED) is 0.335. The van der Waals surface area contributed by atoms with Crippen LogP contribution < -0.4 is 0 Å². The third-order valence-corrected chi connectivity index (χ3v) is 26.3. The van der Waals surface area contributed by atoms with Crippen LogP contribution in [0, 0.1) is 35.5 Å². The van der Waals surface area contributed by atoms with E-state index in [4.69, 9.17) is 0 Å². The predicted octanol–water partition coefficient (Wildman–Crippen LogP) is 8.78. The Balaban J connectivity index is 1.19. The highest BCUT2D eigenvalue weighted by atomic mass is 29.2. The van der Waals surface area contributed by atoms with Crippen LogP contribution in [0.1, 0.15) is 101 Å². The highest BCUT2D eigenvalue weighted by molar-refractivity contribution is 7.22. The second-order valence-electron chi connectivity index (χ2n) is 13.6. The van der Waals surface area contributed by atoms with E-state index in [9.17, 15) is 0 Å². The summed E-state index contributed by atoms with van der Waals surface area (Å²) in [5.74, 6) is 7.04. The molecule has 4 fully saturated rings. The van der Waals surface area contributed by atoms with Crippen molar-refractivity contribution in [1.29, 1.82) is 0 Å². The van der Waals surface area contributed by atoms with Crippen molar-refractivity contribution in [3.8, 4) is 0 Å². The minimum Gasteiger partial charge on any atom is -0.0761 e. The Morgan fingerprint density at radius 2 is 1.74 bits per heavy atom. The molecule has 0 saturated heterocycles. The van der Waals surface area contributed by atoms with Gasteiger partial charge in [0, 0.05) is 22.5 Å². The molecule has 0 aromatic heterocycles. The first-order valence-electron chi connectivity index (χ1n) is 15.4. The molecule has 0 amide bonds. The lowest BCUT2D eigenvalue weighted by Gasteiger charge is -2.47. The Hall–Kier alpha value is -0.606. The van der Waals surface area contributed by atoms with Crippen molar-refractivity contribution in [2.45, 2.75) is 114 Å². The summed E-state index contributed by atoms with van der Waals surface area (Å²) in [5, 5.41) is 0. The summed E-state index contributed by atoms with van der Waals surface area (Å²) < 4.78 is 0. The molecule has 34 heavy (non-hydrogen) atoms. The SMILES string of the molecule is CCCCC1CCC([SiH](C)[SiH](C)C2CCC3C2CC2CCCC2C3C2C=Cc3ccccc32)C1. The topological polar surface area (TPSA) is 0 Å². The maximum atomic E-state index is 2.89. The lowest BCUT2D eigenvalue weighted by Crippen LogP contribution is -2.44. The standard InChI is InChI=1S/C32H50Si2/c1-4-5-9-22-14-16-25(20-22)33(2)34(3)31-19-18-29-30(31)21-24-11-8-13-27(24)32(29)28-17-15-23-10-6-7-12-26(23)28/h6-7,10,12,15,17,22,24-25,27-34H,4-5,8-9,11,13-14,16,18-21H2,1-3H3. The molecule has 6 rings (SSSR count). The minimum atomic E-state index is -0.596. The van der Waals surface area contributed by atoms with Gasteiger partial charge in [0.1, 0.15) is 0 Å². The zero-order valence-electron chi connectivity index (χ0n) is 22.3. The molecule has 11 atom stereocenters. The molecular formula is C32H50Si2. The summed E-state index contributed by atoms with van der Waals surface area (Å²) in [5.41, 5.74) is 5.62. The van der Waals surface area contributed by atoms with Crippen molar-refractivity contribution in [3.63, 3.8) is 0 Å². The fourth-order valence-electron chi connectivity index (χ4n) is 10.5. The van der Waals surface area contributed by atoms with Crippen LogP contribution in [0.25, 0.3) is 6.08 Å². The molecule has 0 N–H and O–H groups in total. The van der Waals surface area contributed by atoms with Crippen molar-refractivity contribution >= 4 is 22.7 Å². The monoisotopic (exact) mass is 490 g/mol. The Kier molecular flexibility index (Phi) is 7.02. The zero-order valence-corrected chi connectivity index (χ0v) is 24.6. The van der Waals surface area contributed by atoms with Gasteiger partial charge in [-0.15, -0.1) is 0 Å². The summed E-state index contributed by atoms with van der Waals surface area (Å²) in [6.07, 6.45) is 23.8. The van der Waals surface area contributed by atoms with Gasteiger partial charge in [-0.2, -0.15) is 0 Å². The van der Waals surface area contributed by atoms with E-state index in [1.165, 1.54) is 42.3 Å². The molecule has 0 bridgehead atoms. The van der Waals surface area contributed by atoms with Crippen molar-refractivity contribution in [2.24, 2.45) is 35.5 Å². The summed E-state index contributed by atoms with van der Waals surface area (Å²) in [7, 11) is -1.14. The molecule has 1 aromatic carbocycles. The second kappa shape index (κ2) is 10.0. The molecule has 0 nitrogen and oxygen atoms in total. The Morgan fingerprint density at radius 3 is 2.62 bits per heavy atom. The van der Waals surface area contributed by atoms with Gasteiger partial charge in [0.15, 0.2) is 0 Å². The minimum absolute atomic E-state index is 0.547. The average molecular weight is 491 g/mol. The zero-order chi connectivity index (χ0) is 23.2. The maximum Gasteiger partial charge on any atom is 0.0285 e. The molecule has 5 aliphatic rings. The van der Waals surface area contributed by atoms with E-state index in [1.807, 2.05) is 0 Å². The second-order valence-corrected chi connectivity index (χ2v) is 25.1. The van der Waals surface area contributed by atoms with E-state index in [1.54, 1.807) is 56.9 Å². The number of fused-ring (bicyclic) bond motifs is 3. The highest BCUT2D eigenvalue weighted by Crippen LogP contribution is 2.63. The van der Waals surface area contributed by atoms with Crippen LogP contribution in [0.15, 0.2) is 30.3 Å². The van der Waals surface area contributed by atoms with Crippen LogP contribution in [0.5, 0.6) is 0 Å². The van der Waals surface area contributed by atoms with Gasteiger partial charge in [-0.1, -0.05) is 120 Å². The Labute approximate surface area is 213 Å². The van der Waals surface area contributed by atoms with Gasteiger partial charge in [0.05, 0.1) is 0 Å². The molecule has 1 aromatic rings. The van der Waals surface area contributed by atoms with Crippen molar-refractivity contribution in [3.05, 3.63) is 41.5 Å². The van der Waals surface area contributed by atoms with E-state index in [0.29, 0.717) is 0 Å². The fraction of sp³-hybridized carbons (Fsp3) is 0.750. The molecule has 186 valence electrons. The summed E-state index contributed by atoms with van der Waals surface area (Å²) in [4.78, 5) is 0. The number of rotatable bonds is 7. The Bertz CT molecular complexity index is 876. The summed E-state index contributed by atoms with van der Waals surface area (Å²) in [6.45, 7) is 8.14. The van der Waals surface area contributed by atoms with Crippen LogP contribution in [0.4, 0.5) is 0 Å². The number of hydrogen-bond donors (Lipinski definition) is 0. The van der Waals surface area contributed by atoms with Gasteiger partial charge < -0.3 is 0 Å². The van der Waals surface area contributed by atoms with Gasteiger partial charge in [0.2, 0.25) is 0 Å². The largest absolute Gasteiger partial charge is 0.0761 e. The molecular weight excluding hydrogens is 441 g/mol. The number of allylic oxidation sites excluding steroid dienone is 1. The van der Waals surface area contributed by atoms with Crippen LogP contribution in [-0.2, 0) is 0 Å². The molecule has 5 aliphatic carbocycles. The Morgan fingerprint density at radius 1 is 0.853 bits per heavy atom. The first-order valence-corrected chi connectivity index (χ1v) is 21.7. The highest BCUT2D eigenvalue weighted by Gasteiger charge is 2.54. The molecule has 0 radical (unpaired) electrons. The number of benzene rings is 1. The molecule has 0 spiro atoms. The van der Waals surface area contributed by atoms with Gasteiger partial charge in [-0.05, 0) is 71.4 Å². The number of hydrogen-bond acceptors (Lipinski definition) is 0. The molecule has 0 aliphatic heterocycles. The lowest BCUT2D eigenvalue weighted by atomic mass is 9.59. The van der Waals surface area contributed by atoms with Gasteiger partial charge in [0.25, 0.3) is 0 Å². The maximum absolute atomic E-state index is 2.89. The van der Waals surface area contributed by atoms with Crippen molar-refractivity contribution < 1.29 is 0 Å². The van der Waals surface area contributed by atoms with E-state index < -0.39 is 16.6 Å². The van der Waals surface area contributed by atoms with Crippen LogP contribution in [0.2, 0.25) is 24.2 Å². The molecule has 0 heterocycles. The first kappa shape index (κ1) is 23.8. The fourth-order valence-corrected chi connectivity index (χ4v) is 23.0. The van der Waals surface area contributed by atoms with Crippen LogP contribution in [0.3, 0.4) is 0 Å². The number of unbranched alkanes of at least 4 members (excludes halogenated alkanes) is 1. The van der Waals surface area contributed by atoms with E-state index in [-0.39, 0.29) is 0 Å². The van der Waals surface area contributed by atoms with Crippen molar-refractivity contribution in [1.82, 2.24) is 0 Å². The molecule has 11 unspecified atom stereocenters. The van der Waals surface area contributed by atoms with Crippen LogP contribution in [-0.4, -0.2) is 16.6 Å². The molecule has 4 saturated carbocycles. The summed E-state index contributed by atoms with van der Waals surface area (Å²) in [6, 6.07) is 9.39. The van der Waals surface area contributed by atoms with E-state index in [0.717, 1.165) is 41.4 Å². The van der Waals surface area contributed by atoms with Crippen LogP contribution >= 0.6 is 0 Å². The van der Waals surface area contributed by atoms with Gasteiger partial charge in [-0.3, -0.25) is 0 Å². The smallest absolute Gasteiger partial charge is 0.0285 e.